The lowest BCUT2D eigenvalue weighted by molar-refractivity contribution is -0.895. The van der Waals surface area contributed by atoms with Crippen LogP contribution in [0.5, 0.6) is 0 Å². The molecule has 0 spiro atoms. The molecule has 1 nitrogen and oxygen atoms in total. The molecule has 0 unspecified atom stereocenters. The fraction of sp³-hybridized carbons (Fsp3) is 1.00. The predicted molar refractivity (Wildman–Crippen MR) is 44.8 cm³/mol. The van der Waals surface area contributed by atoms with Gasteiger partial charge in [-0.25, -0.2) is 0 Å². The Morgan fingerprint density at radius 3 is 1.62 bits per heavy atom. The minimum absolute atomic E-state index is 0. The molecular formula is C7H16BF4N. The van der Waals surface area contributed by atoms with Crippen LogP contribution < -0.4 is 4.70 Å². The molecule has 0 aromatic heterocycles. The van der Waals surface area contributed by atoms with Crippen molar-refractivity contribution in [3.63, 3.8) is 0 Å². The molecule has 0 aliphatic carbocycles. The summed E-state index contributed by atoms with van der Waals surface area (Å²) in [5.74, 6) is 0. The van der Waals surface area contributed by atoms with Gasteiger partial charge in [0.1, 0.15) is 0 Å². The molecule has 0 N–H and O–H groups in total. The highest BCUT2D eigenvalue weighted by Gasteiger charge is 2.23. The van der Waals surface area contributed by atoms with Gasteiger partial charge in [0.2, 0.25) is 0 Å². The van der Waals surface area contributed by atoms with E-state index in [-0.39, 0.29) is 4.70 Å². The zero-order chi connectivity index (χ0) is 9.61. The molecule has 0 radical (unpaired) electrons. The van der Waals surface area contributed by atoms with Crippen LogP contribution in [-0.4, -0.2) is 38.7 Å². The van der Waals surface area contributed by atoms with Crippen molar-refractivity contribution in [2.75, 3.05) is 26.7 Å². The lowest BCUT2D eigenvalue weighted by Gasteiger charge is -2.26. The molecule has 1 fully saturated rings. The highest BCUT2D eigenvalue weighted by molar-refractivity contribution is 6.33. The van der Waals surface area contributed by atoms with E-state index in [0.29, 0.717) is 0 Å². The highest BCUT2D eigenvalue weighted by atomic mass is 19.4. The van der Waals surface area contributed by atoms with Crippen LogP contribution in [0, 0.1) is 0 Å². The average Bonchev–Trinajstić information content (AvgIpc) is 2.36. The van der Waals surface area contributed by atoms with E-state index in [4.69, 9.17) is 0 Å². The molecule has 1 rings (SSSR count). The third-order valence-corrected chi connectivity index (χ3v) is 2.41. The van der Waals surface area contributed by atoms with E-state index in [2.05, 4.69) is 14.0 Å². The summed E-state index contributed by atoms with van der Waals surface area (Å²) in [6, 6.07) is 0. The quantitative estimate of drug-likeness (QED) is 0.294. The smallest absolute Gasteiger partial charge is 0.762 e. The molecule has 0 amide bonds. The Balaban J connectivity index is 0. The standard InChI is InChI=1S/C7H16N.BF3.FH/c1-3-8(2)6-4-5-7-8;2-1(3)4;/h3-7H2,1-2H3;;1H/q+1;;/p-1. The monoisotopic (exact) mass is 201 g/mol. The number of nitrogens with zero attached hydrogens (tertiary/aromatic N) is 1. The van der Waals surface area contributed by atoms with Crippen molar-refractivity contribution in [2.45, 2.75) is 19.8 Å². The van der Waals surface area contributed by atoms with Crippen LogP contribution in [0.2, 0.25) is 0 Å². The van der Waals surface area contributed by atoms with Crippen molar-refractivity contribution >= 4 is 7.54 Å². The Morgan fingerprint density at radius 2 is 1.46 bits per heavy atom. The van der Waals surface area contributed by atoms with Gasteiger partial charge < -0.3 is 9.19 Å². The van der Waals surface area contributed by atoms with Gasteiger partial charge in [-0.2, -0.15) is 0 Å². The second kappa shape index (κ2) is 7.18. The Hall–Kier alpha value is -0.255. The third kappa shape index (κ3) is 8.09. The maximum absolute atomic E-state index is 9.67. The maximum Gasteiger partial charge on any atom is 0.762 e. The van der Waals surface area contributed by atoms with E-state index >= 15 is 0 Å². The van der Waals surface area contributed by atoms with E-state index in [9.17, 15) is 12.9 Å². The van der Waals surface area contributed by atoms with Crippen LogP contribution >= 0.6 is 0 Å². The summed E-state index contributed by atoms with van der Waals surface area (Å²) in [6.45, 7) is 6.43. The largest absolute Gasteiger partial charge is 1.00 e. The van der Waals surface area contributed by atoms with Gasteiger partial charge in [-0.05, 0) is 6.92 Å². The van der Waals surface area contributed by atoms with E-state index < -0.39 is 7.54 Å². The Bertz CT molecular complexity index is 114. The van der Waals surface area contributed by atoms with Crippen LogP contribution in [0.15, 0.2) is 0 Å². The van der Waals surface area contributed by atoms with Crippen molar-refractivity contribution in [1.29, 1.82) is 0 Å². The second-order valence-corrected chi connectivity index (χ2v) is 3.34. The van der Waals surface area contributed by atoms with E-state index in [1.807, 2.05) is 0 Å². The van der Waals surface area contributed by atoms with Gasteiger partial charge >= 0.3 is 7.54 Å². The third-order valence-electron chi connectivity index (χ3n) is 2.41. The Morgan fingerprint density at radius 1 is 1.15 bits per heavy atom. The fourth-order valence-electron chi connectivity index (χ4n) is 1.42. The molecular weight excluding hydrogens is 185 g/mol. The van der Waals surface area contributed by atoms with Gasteiger partial charge in [0, 0.05) is 12.8 Å². The summed E-state index contributed by atoms with van der Waals surface area (Å²) in [6.07, 6.45) is 2.90. The highest BCUT2D eigenvalue weighted by Crippen LogP contribution is 2.14. The average molecular weight is 201 g/mol. The van der Waals surface area contributed by atoms with Gasteiger partial charge in [0.15, 0.2) is 0 Å². The summed E-state index contributed by atoms with van der Waals surface area (Å²) in [5.41, 5.74) is 0. The summed E-state index contributed by atoms with van der Waals surface area (Å²) < 4.78 is 30.3. The molecule has 0 bridgehead atoms. The van der Waals surface area contributed by atoms with Crippen molar-refractivity contribution in [3.05, 3.63) is 0 Å². The molecule has 13 heavy (non-hydrogen) atoms. The number of likely N-dealkylation sites (tertiary alicyclic amines) is 1. The SMILES string of the molecule is CC[N+]1(C)CCCC1.FB(F)F.[F-]. The van der Waals surface area contributed by atoms with Gasteiger partial charge in [0.25, 0.3) is 0 Å². The molecule has 0 aromatic carbocycles. The molecule has 6 heteroatoms. The molecule has 1 saturated heterocycles. The summed E-state index contributed by atoms with van der Waals surface area (Å²) >= 11 is 0. The van der Waals surface area contributed by atoms with Crippen LogP contribution in [0.25, 0.3) is 0 Å². The Kier molecular flexibility index (Phi) is 8.41. The number of rotatable bonds is 1. The lowest BCUT2D eigenvalue weighted by Crippen LogP contribution is -3.00. The molecule has 1 heterocycles. The van der Waals surface area contributed by atoms with E-state index in [1.165, 1.54) is 37.0 Å². The van der Waals surface area contributed by atoms with Crippen LogP contribution in [0.4, 0.5) is 12.9 Å². The Labute approximate surface area is 77.1 Å². The molecule has 80 valence electrons. The first-order valence-electron chi connectivity index (χ1n) is 4.26. The minimum atomic E-state index is -3.67. The summed E-state index contributed by atoms with van der Waals surface area (Å²) in [4.78, 5) is 0. The lowest BCUT2D eigenvalue weighted by atomic mass is 10.4. The normalized spacial score (nSPS) is 18.2. The number of hydrogen-bond donors (Lipinski definition) is 0. The zero-order valence-corrected chi connectivity index (χ0v) is 8.07. The molecule has 0 aromatic rings. The fourth-order valence-corrected chi connectivity index (χ4v) is 1.42. The first kappa shape index (κ1) is 15.2. The number of halogens is 4. The van der Waals surface area contributed by atoms with Gasteiger partial charge in [-0.15, -0.1) is 0 Å². The molecule has 0 saturated carbocycles. The van der Waals surface area contributed by atoms with Gasteiger partial charge in [-0.1, -0.05) is 0 Å². The number of quaternary nitrogens is 1. The van der Waals surface area contributed by atoms with Crippen LogP contribution in [0.1, 0.15) is 19.8 Å². The van der Waals surface area contributed by atoms with Crippen molar-refractivity contribution < 1.29 is 22.1 Å². The zero-order valence-electron chi connectivity index (χ0n) is 8.07. The van der Waals surface area contributed by atoms with Crippen LogP contribution in [-0.2, 0) is 0 Å². The molecule has 1 aliphatic heterocycles. The van der Waals surface area contributed by atoms with Gasteiger partial charge in [0.05, 0.1) is 26.7 Å². The summed E-state index contributed by atoms with van der Waals surface area (Å²) in [5, 5.41) is 0. The van der Waals surface area contributed by atoms with E-state index in [1.54, 1.807) is 0 Å². The predicted octanol–water partition coefficient (Wildman–Crippen LogP) is -0.869. The van der Waals surface area contributed by atoms with Crippen molar-refractivity contribution in [1.82, 2.24) is 0 Å². The molecule has 1 aliphatic rings. The van der Waals surface area contributed by atoms with Crippen molar-refractivity contribution in [3.8, 4) is 0 Å². The molecule has 0 atom stereocenters. The first-order chi connectivity index (χ1) is 5.50. The number of hydrogen-bond acceptors (Lipinski definition) is 0. The van der Waals surface area contributed by atoms with E-state index in [0.717, 1.165) is 0 Å². The van der Waals surface area contributed by atoms with Gasteiger partial charge in [-0.3, -0.25) is 12.9 Å². The summed E-state index contributed by atoms with van der Waals surface area (Å²) in [7, 11) is -1.31. The second-order valence-electron chi connectivity index (χ2n) is 3.34. The first-order valence-corrected chi connectivity index (χ1v) is 4.26. The van der Waals surface area contributed by atoms with Crippen LogP contribution in [0.3, 0.4) is 0 Å². The van der Waals surface area contributed by atoms with Crippen molar-refractivity contribution in [2.24, 2.45) is 0 Å². The minimum Gasteiger partial charge on any atom is -1.00 e. The maximum atomic E-state index is 9.67. The topological polar surface area (TPSA) is 0 Å².